The first-order valence-corrected chi connectivity index (χ1v) is 4.15. The molecular formula is C11H14O. The molecule has 0 bridgehead atoms. The van der Waals surface area contributed by atoms with Crippen molar-refractivity contribution < 1.29 is 4.79 Å². The van der Waals surface area contributed by atoms with E-state index in [4.69, 9.17) is 0 Å². The van der Waals surface area contributed by atoms with E-state index in [1.807, 2.05) is 18.2 Å². The third kappa shape index (κ3) is 2.50. The van der Waals surface area contributed by atoms with E-state index in [1.165, 1.54) is 0 Å². The Kier molecular flexibility index (Phi) is 2.64. The van der Waals surface area contributed by atoms with Gasteiger partial charge in [-0.15, -0.1) is 0 Å². The van der Waals surface area contributed by atoms with Crippen LogP contribution in [0.1, 0.15) is 20.3 Å². The van der Waals surface area contributed by atoms with E-state index < -0.39 is 0 Å². The van der Waals surface area contributed by atoms with Crippen LogP contribution in [0.15, 0.2) is 36.0 Å². The molecule has 0 fully saturated rings. The van der Waals surface area contributed by atoms with Crippen molar-refractivity contribution in [2.75, 3.05) is 0 Å². The maximum Gasteiger partial charge on any atom is 0.124 e. The first kappa shape index (κ1) is 8.98. The minimum Gasteiger partial charge on any atom is -0.303 e. The van der Waals surface area contributed by atoms with Gasteiger partial charge in [0.15, 0.2) is 0 Å². The van der Waals surface area contributed by atoms with Gasteiger partial charge in [0.25, 0.3) is 0 Å². The lowest BCUT2D eigenvalue weighted by molar-refractivity contribution is -0.107. The summed E-state index contributed by atoms with van der Waals surface area (Å²) in [6.07, 6.45) is 11.7. The third-order valence-corrected chi connectivity index (χ3v) is 1.88. The van der Waals surface area contributed by atoms with E-state index in [1.54, 1.807) is 0 Å². The van der Waals surface area contributed by atoms with Gasteiger partial charge in [-0.05, 0) is 5.57 Å². The summed E-state index contributed by atoms with van der Waals surface area (Å²) in [4.78, 5) is 10.2. The number of allylic oxidation sites excluding steroid dienone is 6. The van der Waals surface area contributed by atoms with E-state index in [0.717, 1.165) is 11.9 Å². The number of hydrogen-bond donors (Lipinski definition) is 0. The molecule has 0 unspecified atom stereocenters. The summed E-state index contributed by atoms with van der Waals surface area (Å²) in [6, 6.07) is 0. The zero-order chi connectivity index (χ0) is 9.03. The SMILES string of the molecule is CC1(C)C=CC=C(CC=O)C=C1. The lowest BCUT2D eigenvalue weighted by atomic mass is 9.93. The fraction of sp³-hybridized carbons (Fsp3) is 0.364. The Labute approximate surface area is 73.5 Å². The second-order valence-corrected chi connectivity index (χ2v) is 3.63. The Hall–Kier alpha value is -1.11. The second-order valence-electron chi connectivity index (χ2n) is 3.63. The maximum absolute atomic E-state index is 10.2. The van der Waals surface area contributed by atoms with Crippen molar-refractivity contribution in [2.24, 2.45) is 5.41 Å². The van der Waals surface area contributed by atoms with Crippen molar-refractivity contribution in [2.45, 2.75) is 20.3 Å². The summed E-state index contributed by atoms with van der Waals surface area (Å²) in [7, 11) is 0. The lowest BCUT2D eigenvalue weighted by Crippen LogP contribution is -2.00. The van der Waals surface area contributed by atoms with Gasteiger partial charge in [-0.3, -0.25) is 0 Å². The van der Waals surface area contributed by atoms with E-state index in [-0.39, 0.29) is 5.41 Å². The van der Waals surface area contributed by atoms with Crippen molar-refractivity contribution in [3.8, 4) is 0 Å². The van der Waals surface area contributed by atoms with Gasteiger partial charge in [0.1, 0.15) is 6.29 Å². The molecule has 0 heterocycles. The summed E-state index contributed by atoms with van der Waals surface area (Å²) < 4.78 is 0. The summed E-state index contributed by atoms with van der Waals surface area (Å²) in [5, 5.41) is 0. The molecule has 1 aliphatic carbocycles. The fourth-order valence-corrected chi connectivity index (χ4v) is 1.08. The molecule has 0 aliphatic heterocycles. The van der Waals surface area contributed by atoms with Crippen LogP contribution in [0.2, 0.25) is 0 Å². The number of carbonyl (C=O) groups is 1. The average Bonchev–Trinajstić information content (AvgIpc) is 2.14. The van der Waals surface area contributed by atoms with Crippen LogP contribution in [0, 0.1) is 5.41 Å². The van der Waals surface area contributed by atoms with E-state index in [2.05, 4.69) is 26.0 Å². The van der Waals surface area contributed by atoms with Crippen molar-refractivity contribution in [1.82, 2.24) is 0 Å². The average molecular weight is 162 g/mol. The molecule has 64 valence electrons. The van der Waals surface area contributed by atoms with Crippen molar-refractivity contribution in [3.63, 3.8) is 0 Å². The first-order valence-electron chi connectivity index (χ1n) is 4.15. The highest BCUT2D eigenvalue weighted by Crippen LogP contribution is 2.22. The van der Waals surface area contributed by atoms with Crippen LogP contribution < -0.4 is 0 Å². The Balaban J connectivity index is 2.78. The Morgan fingerprint density at radius 1 is 1.42 bits per heavy atom. The van der Waals surface area contributed by atoms with E-state index in [0.29, 0.717) is 6.42 Å². The van der Waals surface area contributed by atoms with Gasteiger partial charge in [-0.2, -0.15) is 0 Å². The smallest absolute Gasteiger partial charge is 0.124 e. The molecule has 0 spiro atoms. The minimum absolute atomic E-state index is 0.112. The molecule has 0 atom stereocenters. The molecule has 0 aromatic heterocycles. The molecule has 12 heavy (non-hydrogen) atoms. The molecule has 0 aromatic carbocycles. The third-order valence-electron chi connectivity index (χ3n) is 1.88. The van der Waals surface area contributed by atoms with Crippen LogP contribution in [0.4, 0.5) is 0 Å². The Morgan fingerprint density at radius 2 is 2.17 bits per heavy atom. The molecule has 0 aromatic rings. The fourth-order valence-electron chi connectivity index (χ4n) is 1.08. The highest BCUT2D eigenvalue weighted by molar-refractivity contribution is 5.57. The van der Waals surface area contributed by atoms with Gasteiger partial charge < -0.3 is 4.79 Å². The molecule has 0 saturated carbocycles. The molecule has 1 heteroatoms. The quantitative estimate of drug-likeness (QED) is 0.570. The normalized spacial score (nSPS) is 20.0. The topological polar surface area (TPSA) is 17.1 Å². The predicted molar refractivity (Wildman–Crippen MR) is 50.8 cm³/mol. The molecule has 0 amide bonds. The number of rotatable bonds is 2. The van der Waals surface area contributed by atoms with Crippen molar-refractivity contribution in [3.05, 3.63) is 36.0 Å². The summed E-state index contributed by atoms with van der Waals surface area (Å²) in [5.41, 5.74) is 1.19. The van der Waals surface area contributed by atoms with Crippen LogP contribution in [-0.2, 0) is 4.79 Å². The van der Waals surface area contributed by atoms with Gasteiger partial charge in [-0.25, -0.2) is 0 Å². The van der Waals surface area contributed by atoms with Crippen molar-refractivity contribution in [1.29, 1.82) is 0 Å². The van der Waals surface area contributed by atoms with Crippen molar-refractivity contribution >= 4 is 6.29 Å². The number of hydrogen-bond acceptors (Lipinski definition) is 1. The highest BCUT2D eigenvalue weighted by Gasteiger charge is 2.09. The molecule has 1 nitrogen and oxygen atoms in total. The highest BCUT2D eigenvalue weighted by atomic mass is 16.1. The molecule has 0 saturated heterocycles. The lowest BCUT2D eigenvalue weighted by Gasteiger charge is -2.12. The zero-order valence-corrected chi connectivity index (χ0v) is 7.58. The summed E-state index contributed by atoms with van der Waals surface area (Å²) in [5.74, 6) is 0. The monoisotopic (exact) mass is 162 g/mol. The van der Waals surface area contributed by atoms with Gasteiger partial charge in [0.2, 0.25) is 0 Å². The standard InChI is InChI=1S/C11H14O/c1-11(2)7-3-4-10(5-8-11)6-9-12/h3-5,7-9H,6H2,1-2H3. The van der Waals surface area contributed by atoms with Crippen LogP contribution in [0.5, 0.6) is 0 Å². The van der Waals surface area contributed by atoms with Gasteiger partial charge in [0.05, 0.1) is 0 Å². The van der Waals surface area contributed by atoms with E-state index >= 15 is 0 Å². The number of aldehydes is 1. The minimum atomic E-state index is 0.112. The summed E-state index contributed by atoms with van der Waals surface area (Å²) in [6.45, 7) is 4.27. The molecule has 1 rings (SSSR count). The first-order chi connectivity index (χ1) is 5.64. The largest absolute Gasteiger partial charge is 0.303 e. The van der Waals surface area contributed by atoms with E-state index in [9.17, 15) is 4.79 Å². The predicted octanol–water partition coefficient (Wildman–Crippen LogP) is 2.65. The van der Waals surface area contributed by atoms with Gasteiger partial charge >= 0.3 is 0 Å². The van der Waals surface area contributed by atoms with Crippen LogP contribution >= 0.6 is 0 Å². The van der Waals surface area contributed by atoms with Crippen LogP contribution in [-0.4, -0.2) is 6.29 Å². The molecule has 0 N–H and O–H groups in total. The summed E-state index contributed by atoms with van der Waals surface area (Å²) >= 11 is 0. The van der Waals surface area contributed by atoms with Crippen LogP contribution in [0.25, 0.3) is 0 Å². The second kappa shape index (κ2) is 3.53. The molecule has 0 radical (unpaired) electrons. The van der Waals surface area contributed by atoms with Crippen LogP contribution in [0.3, 0.4) is 0 Å². The molecular weight excluding hydrogens is 148 g/mol. The maximum atomic E-state index is 10.2. The Bertz CT molecular complexity index is 254. The van der Waals surface area contributed by atoms with Gasteiger partial charge in [0, 0.05) is 11.8 Å². The zero-order valence-electron chi connectivity index (χ0n) is 7.58. The Morgan fingerprint density at radius 3 is 2.83 bits per heavy atom. The van der Waals surface area contributed by atoms with Gasteiger partial charge in [-0.1, -0.05) is 44.2 Å². The molecule has 1 aliphatic rings. The number of carbonyl (C=O) groups excluding carboxylic acids is 1.